The lowest BCUT2D eigenvalue weighted by molar-refractivity contribution is -0.120. The number of carbonyl (C=O) groups excluding carboxylic acids is 1. The zero-order chi connectivity index (χ0) is 12.3. The Hall–Kier alpha value is -2.10. The van der Waals surface area contributed by atoms with Crippen LogP contribution in [0.3, 0.4) is 0 Å². The third-order valence-electron chi connectivity index (χ3n) is 2.63. The third-order valence-corrected chi connectivity index (χ3v) is 2.63. The maximum atomic E-state index is 10.2. The molecule has 4 heteroatoms. The quantitative estimate of drug-likeness (QED) is 0.753. The molecule has 0 bridgehead atoms. The van der Waals surface area contributed by atoms with Crippen LogP contribution in [0.25, 0.3) is 0 Å². The van der Waals surface area contributed by atoms with Gasteiger partial charge < -0.3 is 4.74 Å². The molecule has 0 aliphatic rings. The summed E-state index contributed by atoms with van der Waals surface area (Å²) < 4.78 is 6.43. The molecule has 0 atom stereocenters. The van der Waals surface area contributed by atoms with Crippen LogP contribution in [0.1, 0.15) is 16.8 Å². The molecule has 2 aromatic rings. The van der Waals surface area contributed by atoms with Crippen molar-refractivity contribution in [1.29, 1.82) is 0 Å². The van der Waals surface area contributed by atoms with Crippen LogP contribution in [0.15, 0.2) is 30.3 Å². The number of aryl methyl sites for hydroxylation is 2. The highest BCUT2D eigenvalue weighted by atomic mass is 16.5. The van der Waals surface area contributed by atoms with E-state index in [0.717, 1.165) is 12.1 Å². The first-order valence-corrected chi connectivity index (χ1v) is 5.38. The van der Waals surface area contributed by atoms with E-state index in [4.69, 9.17) is 4.74 Å². The first kappa shape index (κ1) is 11.4. The monoisotopic (exact) mass is 230 g/mol. The third kappa shape index (κ3) is 2.72. The number of rotatable bonds is 4. The van der Waals surface area contributed by atoms with Crippen molar-refractivity contribution < 1.29 is 9.53 Å². The first-order chi connectivity index (χ1) is 8.19. The highest BCUT2D eigenvalue weighted by Crippen LogP contribution is 2.15. The molecule has 0 fully saturated rings. The normalized spacial score (nSPS) is 10.2. The molecule has 1 aromatic carbocycles. The van der Waals surface area contributed by atoms with Crippen LogP contribution in [-0.4, -0.2) is 16.3 Å². The first-order valence-electron chi connectivity index (χ1n) is 5.38. The molecule has 0 aliphatic carbocycles. The Kier molecular flexibility index (Phi) is 3.23. The summed E-state index contributed by atoms with van der Waals surface area (Å²) in [6, 6.07) is 10.1. The number of hydrogen-bond acceptors (Lipinski definition) is 3. The van der Waals surface area contributed by atoms with Gasteiger partial charge in [-0.1, -0.05) is 29.8 Å². The average Bonchev–Trinajstić information content (AvgIpc) is 2.63. The number of hydrogen-bond donors (Lipinski definition) is 0. The van der Waals surface area contributed by atoms with Crippen molar-refractivity contribution in [3.63, 3.8) is 0 Å². The minimum atomic E-state index is 0.338. The highest BCUT2D eigenvalue weighted by Gasteiger charge is 2.06. The Morgan fingerprint density at radius 1 is 1.35 bits per heavy atom. The summed E-state index contributed by atoms with van der Waals surface area (Å²) in [6.45, 7) is 2.45. The second-order valence-corrected chi connectivity index (χ2v) is 3.97. The fourth-order valence-electron chi connectivity index (χ4n) is 1.66. The number of benzene rings is 1. The van der Waals surface area contributed by atoms with E-state index in [1.807, 2.05) is 7.05 Å². The molecule has 0 aliphatic heterocycles. The van der Waals surface area contributed by atoms with Crippen LogP contribution in [-0.2, 0) is 18.3 Å². The molecule has 0 unspecified atom stereocenters. The summed E-state index contributed by atoms with van der Waals surface area (Å²) in [4.78, 5) is 10.2. The fraction of sp³-hybridized carbons (Fsp3) is 0.231. The zero-order valence-electron chi connectivity index (χ0n) is 9.88. The Morgan fingerprint density at radius 3 is 2.71 bits per heavy atom. The fourth-order valence-corrected chi connectivity index (χ4v) is 1.66. The summed E-state index contributed by atoms with van der Waals surface area (Å²) in [6.07, 6.45) is 0.770. The highest BCUT2D eigenvalue weighted by molar-refractivity contribution is 5.43. The Labute approximate surface area is 99.8 Å². The van der Waals surface area contributed by atoms with Crippen molar-refractivity contribution in [2.45, 2.75) is 13.3 Å². The van der Waals surface area contributed by atoms with Crippen molar-refractivity contribution in [2.75, 3.05) is 0 Å². The molecule has 0 spiro atoms. The lowest BCUT2D eigenvalue weighted by atomic mass is 10.1. The van der Waals surface area contributed by atoms with Crippen LogP contribution >= 0.6 is 0 Å². The van der Waals surface area contributed by atoms with Gasteiger partial charge in [-0.25, -0.2) is 0 Å². The molecule has 0 N–H and O–H groups in total. The van der Waals surface area contributed by atoms with Gasteiger partial charge in [0.05, 0.1) is 0 Å². The van der Waals surface area contributed by atoms with Gasteiger partial charge in [-0.2, -0.15) is 0 Å². The standard InChI is InChI=1S/C13H14N2O2/c1-10-3-5-11(6-4-10)7-12-8-13(17-9-16)14-15(12)2/h3-6,8-9H,7H2,1-2H3. The maximum absolute atomic E-state index is 10.2. The predicted molar refractivity (Wildman–Crippen MR) is 63.9 cm³/mol. The topological polar surface area (TPSA) is 44.1 Å². The van der Waals surface area contributed by atoms with Gasteiger partial charge in [0.2, 0.25) is 5.88 Å². The van der Waals surface area contributed by atoms with Crippen LogP contribution in [0, 0.1) is 6.92 Å². The van der Waals surface area contributed by atoms with E-state index >= 15 is 0 Å². The van der Waals surface area contributed by atoms with E-state index in [1.165, 1.54) is 11.1 Å². The summed E-state index contributed by atoms with van der Waals surface area (Å²) in [5.41, 5.74) is 3.45. The smallest absolute Gasteiger partial charge is 0.299 e. The lowest BCUT2D eigenvalue weighted by Gasteiger charge is -2.02. The average molecular weight is 230 g/mol. The molecular formula is C13H14N2O2. The van der Waals surface area contributed by atoms with E-state index in [0.29, 0.717) is 12.4 Å². The molecule has 1 heterocycles. The SMILES string of the molecule is Cc1ccc(Cc2cc(OC=O)nn2C)cc1. The predicted octanol–water partition coefficient (Wildman–Crippen LogP) is 1.85. The van der Waals surface area contributed by atoms with Crippen molar-refractivity contribution in [3.8, 4) is 5.88 Å². The van der Waals surface area contributed by atoms with Crippen molar-refractivity contribution in [2.24, 2.45) is 7.05 Å². The Morgan fingerprint density at radius 2 is 2.06 bits per heavy atom. The van der Waals surface area contributed by atoms with E-state index in [1.54, 1.807) is 10.7 Å². The number of ether oxygens (including phenoxy) is 1. The molecule has 0 amide bonds. The van der Waals surface area contributed by atoms with Crippen LogP contribution in [0.5, 0.6) is 5.88 Å². The molecule has 2 rings (SSSR count). The molecule has 1 aromatic heterocycles. The molecule has 0 saturated heterocycles. The van der Waals surface area contributed by atoms with Crippen molar-refractivity contribution in [3.05, 3.63) is 47.2 Å². The Bertz CT molecular complexity index is 515. The lowest BCUT2D eigenvalue weighted by Crippen LogP contribution is -1.99. The van der Waals surface area contributed by atoms with Gasteiger partial charge in [0, 0.05) is 25.2 Å². The molecule has 4 nitrogen and oxygen atoms in total. The second kappa shape index (κ2) is 4.82. The van der Waals surface area contributed by atoms with Gasteiger partial charge in [-0.3, -0.25) is 9.48 Å². The number of nitrogens with zero attached hydrogens (tertiary/aromatic N) is 2. The molecular weight excluding hydrogens is 216 g/mol. The summed E-state index contributed by atoms with van der Waals surface area (Å²) in [5.74, 6) is 0.338. The van der Waals surface area contributed by atoms with Crippen LogP contribution in [0.2, 0.25) is 0 Å². The second-order valence-electron chi connectivity index (χ2n) is 3.97. The Balaban J connectivity index is 2.17. The van der Waals surface area contributed by atoms with Gasteiger partial charge in [0.15, 0.2) is 0 Å². The summed E-state index contributed by atoms with van der Waals surface area (Å²) in [7, 11) is 1.83. The summed E-state index contributed by atoms with van der Waals surface area (Å²) in [5, 5.41) is 4.08. The molecule has 17 heavy (non-hydrogen) atoms. The minimum Gasteiger partial charge on any atom is -0.408 e. The van der Waals surface area contributed by atoms with Gasteiger partial charge >= 0.3 is 0 Å². The number of carbonyl (C=O) groups is 1. The largest absolute Gasteiger partial charge is 0.408 e. The van der Waals surface area contributed by atoms with E-state index < -0.39 is 0 Å². The minimum absolute atomic E-state index is 0.338. The zero-order valence-corrected chi connectivity index (χ0v) is 9.88. The van der Waals surface area contributed by atoms with Gasteiger partial charge in [0.25, 0.3) is 6.47 Å². The molecule has 0 saturated carbocycles. The van der Waals surface area contributed by atoms with Gasteiger partial charge in [-0.15, -0.1) is 5.10 Å². The van der Waals surface area contributed by atoms with E-state index in [-0.39, 0.29) is 0 Å². The van der Waals surface area contributed by atoms with Crippen LogP contribution in [0.4, 0.5) is 0 Å². The molecule has 0 radical (unpaired) electrons. The van der Waals surface area contributed by atoms with Crippen LogP contribution < -0.4 is 4.74 Å². The van der Waals surface area contributed by atoms with Gasteiger partial charge in [0.1, 0.15) is 0 Å². The summed E-state index contributed by atoms with van der Waals surface area (Å²) >= 11 is 0. The van der Waals surface area contributed by atoms with Gasteiger partial charge in [-0.05, 0) is 12.5 Å². The maximum Gasteiger partial charge on any atom is 0.299 e. The molecule has 88 valence electrons. The number of aromatic nitrogens is 2. The van der Waals surface area contributed by atoms with Crippen molar-refractivity contribution >= 4 is 6.47 Å². The van der Waals surface area contributed by atoms with E-state index in [2.05, 4.69) is 36.3 Å². The van der Waals surface area contributed by atoms with Crippen molar-refractivity contribution in [1.82, 2.24) is 9.78 Å². The van der Waals surface area contributed by atoms with E-state index in [9.17, 15) is 4.79 Å².